The number of aliphatic hydroxyl groups is 1. The molecule has 1 aromatic carbocycles. The van der Waals surface area contributed by atoms with Gasteiger partial charge in [0.1, 0.15) is 0 Å². The number of rotatable bonds is 9. The zero-order valence-electron chi connectivity index (χ0n) is 12.7. The third-order valence-corrected chi connectivity index (χ3v) is 3.98. The first kappa shape index (κ1) is 16.0. The average molecular weight is 263 g/mol. The number of benzene rings is 1. The number of hydrogen-bond donors (Lipinski definition) is 2. The highest BCUT2D eigenvalue weighted by atomic mass is 16.3. The van der Waals surface area contributed by atoms with E-state index in [-0.39, 0.29) is 12.0 Å². The smallest absolute Gasteiger partial charge is 0.0501 e. The Kier molecular flexibility index (Phi) is 6.93. The minimum absolute atomic E-state index is 0.0280. The average Bonchev–Trinajstić information content (AvgIpc) is 2.46. The lowest BCUT2D eigenvalue weighted by molar-refractivity contribution is 0.149. The molecule has 0 aliphatic rings. The highest BCUT2D eigenvalue weighted by molar-refractivity contribution is 5.44. The number of unbranched alkanes of at least 4 members (excludes halogenated alkanes) is 2. The van der Waals surface area contributed by atoms with Crippen LogP contribution >= 0.6 is 0 Å². The molecule has 1 aromatic rings. The fraction of sp³-hybridized carbons (Fsp3) is 0.647. The van der Waals surface area contributed by atoms with E-state index in [0.717, 1.165) is 18.7 Å². The van der Waals surface area contributed by atoms with Crippen LogP contribution in [0.25, 0.3) is 0 Å². The Labute approximate surface area is 118 Å². The lowest BCUT2D eigenvalue weighted by Crippen LogP contribution is -2.29. The van der Waals surface area contributed by atoms with Crippen LogP contribution in [0.2, 0.25) is 0 Å². The van der Waals surface area contributed by atoms with Crippen molar-refractivity contribution in [2.45, 2.75) is 52.9 Å². The molecule has 0 saturated carbocycles. The highest BCUT2D eigenvalue weighted by Gasteiger charge is 2.20. The molecule has 2 nitrogen and oxygen atoms in total. The molecular weight excluding hydrogens is 234 g/mol. The van der Waals surface area contributed by atoms with E-state index in [9.17, 15) is 5.11 Å². The molecule has 0 heterocycles. The van der Waals surface area contributed by atoms with E-state index in [1.165, 1.54) is 31.2 Å². The minimum Gasteiger partial charge on any atom is -0.396 e. The van der Waals surface area contributed by atoms with Gasteiger partial charge in [-0.3, -0.25) is 0 Å². The van der Waals surface area contributed by atoms with Crippen LogP contribution in [0.1, 0.15) is 52.0 Å². The lowest BCUT2D eigenvalue weighted by Gasteiger charge is -2.26. The number of aryl methyl sites for hydroxylation is 1. The Balaban J connectivity index is 2.43. The van der Waals surface area contributed by atoms with Gasteiger partial charge in [0.2, 0.25) is 0 Å². The first-order chi connectivity index (χ1) is 9.13. The quantitative estimate of drug-likeness (QED) is 0.653. The fourth-order valence-electron chi connectivity index (χ4n) is 1.98. The molecule has 0 saturated heterocycles. The number of nitrogens with one attached hydrogen (secondary N) is 1. The molecule has 0 aromatic heterocycles. The molecule has 0 aliphatic carbocycles. The van der Waals surface area contributed by atoms with E-state index >= 15 is 0 Å². The zero-order valence-corrected chi connectivity index (χ0v) is 12.7. The van der Waals surface area contributed by atoms with Crippen molar-refractivity contribution < 1.29 is 5.11 Å². The van der Waals surface area contributed by atoms with Gasteiger partial charge in [0, 0.05) is 17.6 Å². The maximum atomic E-state index is 9.39. The van der Waals surface area contributed by atoms with Crippen molar-refractivity contribution >= 4 is 5.69 Å². The van der Waals surface area contributed by atoms with Gasteiger partial charge in [-0.25, -0.2) is 0 Å². The summed E-state index contributed by atoms with van der Waals surface area (Å²) in [4.78, 5) is 0. The van der Waals surface area contributed by atoms with Crippen LogP contribution in [0.15, 0.2) is 24.3 Å². The van der Waals surface area contributed by atoms with Crippen molar-refractivity contribution in [3.8, 4) is 0 Å². The standard InChI is InChI=1S/C17H29NO/c1-4-6-7-8-15-9-11-16(12-10-15)18-13-17(3,5-2)14-19/h9-12,18-19H,4-8,13-14H2,1-3H3. The van der Waals surface area contributed by atoms with Crippen LogP contribution in [0.3, 0.4) is 0 Å². The van der Waals surface area contributed by atoms with Crippen LogP contribution in [0.4, 0.5) is 5.69 Å². The largest absolute Gasteiger partial charge is 0.396 e. The maximum absolute atomic E-state index is 9.39. The van der Waals surface area contributed by atoms with Crippen LogP contribution in [0.5, 0.6) is 0 Å². The summed E-state index contributed by atoms with van der Waals surface area (Å²) in [5.41, 5.74) is 2.53. The van der Waals surface area contributed by atoms with Crippen molar-refractivity contribution in [2.75, 3.05) is 18.5 Å². The van der Waals surface area contributed by atoms with E-state index in [0.29, 0.717) is 0 Å². The molecule has 0 fully saturated rings. The highest BCUT2D eigenvalue weighted by Crippen LogP contribution is 2.21. The Morgan fingerprint density at radius 1 is 1.11 bits per heavy atom. The fourth-order valence-corrected chi connectivity index (χ4v) is 1.98. The molecule has 1 unspecified atom stereocenters. The summed E-state index contributed by atoms with van der Waals surface area (Å²) in [6.45, 7) is 7.51. The Morgan fingerprint density at radius 3 is 2.32 bits per heavy atom. The van der Waals surface area contributed by atoms with Crippen molar-refractivity contribution in [1.29, 1.82) is 0 Å². The normalized spacial score (nSPS) is 14.1. The molecule has 108 valence electrons. The summed E-state index contributed by atoms with van der Waals surface area (Å²) in [7, 11) is 0. The van der Waals surface area contributed by atoms with Gasteiger partial charge in [0.15, 0.2) is 0 Å². The maximum Gasteiger partial charge on any atom is 0.0501 e. The van der Waals surface area contributed by atoms with E-state index in [4.69, 9.17) is 0 Å². The molecule has 2 heteroatoms. The molecule has 0 aliphatic heterocycles. The van der Waals surface area contributed by atoms with Crippen molar-refractivity contribution in [3.05, 3.63) is 29.8 Å². The van der Waals surface area contributed by atoms with Crippen LogP contribution in [-0.2, 0) is 6.42 Å². The molecule has 0 amide bonds. The van der Waals surface area contributed by atoms with E-state index in [1.807, 2.05) is 0 Å². The van der Waals surface area contributed by atoms with Gasteiger partial charge in [0.05, 0.1) is 6.61 Å². The van der Waals surface area contributed by atoms with Crippen LogP contribution in [0, 0.1) is 5.41 Å². The minimum atomic E-state index is -0.0280. The van der Waals surface area contributed by atoms with E-state index in [2.05, 4.69) is 50.4 Å². The van der Waals surface area contributed by atoms with Gasteiger partial charge < -0.3 is 10.4 Å². The predicted molar refractivity (Wildman–Crippen MR) is 83.6 cm³/mol. The molecule has 0 spiro atoms. The zero-order chi connectivity index (χ0) is 14.1. The van der Waals surface area contributed by atoms with Gasteiger partial charge in [-0.1, -0.05) is 45.7 Å². The van der Waals surface area contributed by atoms with E-state index < -0.39 is 0 Å². The van der Waals surface area contributed by atoms with Gasteiger partial charge in [-0.05, 0) is 37.0 Å². The molecular formula is C17H29NO. The lowest BCUT2D eigenvalue weighted by atomic mass is 9.88. The summed E-state index contributed by atoms with van der Waals surface area (Å²) in [5, 5.41) is 12.8. The summed E-state index contributed by atoms with van der Waals surface area (Å²) in [6.07, 6.45) is 6.02. The molecule has 0 bridgehead atoms. The SMILES string of the molecule is CCCCCc1ccc(NCC(C)(CC)CO)cc1. The van der Waals surface area contributed by atoms with Crippen LogP contribution in [-0.4, -0.2) is 18.3 Å². The molecule has 19 heavy (non-hydrogen) atoms. The summed E-state index contributed by atoms with van der Waals surface area (Å²) in [6, 6.07) is 8.71. The summed E-state index contributed by atoms with van der Waals surface area (Å²) >= 11 is 0. The first-order valence-corrected chi connectivity index (χ1v) is 7.57. The second-order valence-electron chi connectivity index (χ2n) is 5.83. The molecule has 1 atom stereocenters. The Morgan fingerprint density at radius 2 is 1.79 bits per heavy atom. The third-order valence-electron chi connectivity index (χ3n) is 3.98. The molecule has 2 N–H and O–H groups in total. The van der Waals surface area contributed by atoms with Crippen LogP contribution < -0.4 is 5.32 Å². The number of hydrogen-bond acceptors (Lipinski definition) is 2. The predicted octanol–water partition coefficient (Wildman–Crippen LogP) is 4.24. The second-order valence-corrected chi connectivity index (χ2v) is 5.83. The molecule has 1 rings (SSSR count). The van der Waals surface area contributed by atoms with E-state index in [1.54, 1.807) is 0 Å². The van der Waals surface area contributed by atoms with Gasteiger partial charge in [-0.2, -0.15) is 0 Å². The van der Waals surface area contributed by atoms with Crippen molar-refractivity contribution in [1.82, 2.24) is 0 Å². The first-order valence-electron chi connectivity index (χ1n) is 7.57. The number of aliphatic hydroxyl groups excluding tert-OH is 1. The van der Waals surface area contributed by atoms with Gasteiger partial charge in [-0.15, -0.1) is 0 Å². The van der Waals surface area contributed by atoms with Crippen molar-refractivity contribution in [3.63, 3.8) is 0 Å². The summed E-state index contributed by atoms with van der Waals surface area (Å²) in [5.74, 6) is 0. The third kappa shape index (κ3) is 5.65. The van der Waals surface area contributed by atoms with Gasteiger partial charge >= 0.3 is 0 Å². The second kappa shape index (κ2) is 8.21. The van der Waals surface area contributed by atoms with Crippen molar-refractivity contribution in [2.24, 2.45) is 5.41 Å². The monoisotopic (exact) mass is 263 g/mol. The topological polar surface area (TPSA) is 32.3 Å². The Hall–Kier alpha value is -1.02. The summed E-state index contributed by atoms with van der Waals surface area (Å²) < 4.78 is 0. The van der Waals surface area contributed by atoms with Gasteiger partial charge in [0.25, 0.3) is 0 Å². The Bertz CT molecular complexity index is 341. The molecule has 0 radical (unpaired) electrons. The number of anilines is 1.